The maximum atomic E-state index is 5.35. The van der Waals surface area contributed by atoms with Gasteiger partial charge in [-0.2, -0.15) is 0 Å². The van der Waals surface area contributed by atoms with Gasteiger partial charge in [0.25, 0.3) is 0 Å². The third-order valence-electron chi connectivity index (χ3n) is 12.0. The van der Waals surface area contributed by atoms with Gasteiger partial charge in [-0.3, -0.25) is 4.57 Å². The van der Waals surface area contributed by atoms with Crippen LogP contribution in [0.5, 0.6) is 0 Å². The number of fused-ring (bicyclic) bond motifs is 10. The van der Waals surface area contributed by atoms with Crippen LogP contribution in [0, 0.1) is 5.92 Å². The van der Waals surface area contributed by atoms with Gasteiger partial charge >= 0.3 is 0 Å². The molecule has 3 unspecified atom stereocenters. The van der Waals surface area contributed by atoms with Crippen molar-refractivity contribution in [1.29, 1.82) is 0 Å². The van der Waals surface area contributed by atoms with Crippen LogP contribution >= 0.6 is 0 Å². The first-order valence-corrected chi connectivity index (χ1v) is 18.9. The fourth-order valence-corrected chi connectivity index (χ4v) is 9.63. The molecule has 3 heteroatoms. The summed E-state index contributed by atoms with van der Waals surface area (Å²) in [7, 11) is 0. The number of allylic oxidation sites excluding steroid dienone is 3. The van der Waals surface area contributed by atoms with Crippen LogP contribution in [0.2, 0.25) is 0 Å². The van der Waals surface area contributed by atoms with Crippen LogP contribution in [0.3, 0.4) is 0 Å². The zero-order valence-electron chi connectivity index (χ0n) is 29.7. The molecule has 0 spiro atoms. The zero-order chi connectivity index (χ0) is 35.6. The van der Waals surface area contributed by atoms with Gasteiger partial charge in [-0.05, 0) is 80.9 Å². The Labute approximate surface area is 315 Å². The Hall–Kier alpha value is -6.71. The number of hydrogen-bond donors (Lipinski definition) is 1. The van der Waals surface area contributed by atoms with Crippen molar-refractivity contribution in [2.45, 2.75) is 17.4 Å². The van der Waals surface area contributed by atoms with Crippen molar-refractivity contribution >= 4 is 16.7 Å². The van der Waals surface area contributed by atoms with Crippen LogP contribution in [0.25, 0.3) is 39.2 Å². The summed E-state index contributed by atoms with van der Waals surface area (Å²) >= 11 is 0. The Kier molecular flexibility index (Phi) is 6.96. The predicted octanol–water partition coefficient (Wildman–Crippen LogP) is 12.0. The van der Waals surface area contributed by atoms with E-state index in [9.17, 15) is 0 Å². The molecule has 3 nitrogen and oxygen atoms in total. The molecule has 0 amide bonds. The van der Waals surface area contributed by atoms with Crippen LogP contribution in [-0.4, -0.2) is 9.55 Å². The largest absolute Gasteiger partial charge is 0.377 e. The van der Waals surface area contributed by atoms with Crippen molar-refractivity contribution in [3.8, 4) is 28.2 Å². The first-order chi connectivity index (χ1) is 26.8. The number of hydrogen-bond acceptors (Lipinski definition) is 2. The second-order valence-electron chi connectivity index (χ2n) is 14.7. The molecule has 54 heavy (non-hydrogen) atoms. The lowest BCUT2D eigenvalue weighted by atomic mass is 9.63. The summed E-state index contributed by atoms with van der Waals surface area (Å²) in [4.78, 5) is 5.35. The van der Waals surface area contributed by atoms with Crippen LogP contribution < -0.4 is 5.32 Å². The van der Waals surface area contributed by atoms with E-state index in [1.165, 1.54) is 50.2 Å². The summed E-state index contributed by atoms with van der Waals surface area (Å²) in [6.45, 7) is 0. The maximum Gasteiger partial charge on any atom is 0.146 e. The van der Waals surface area contributed by atoms with Crippen molar-refractivity contribution in [2.75, 3.05) is 5.32 Å². The van der Waals surface area contributed by atoms with Crippen molar-refractivity contribution in [3.63, 3.8) is 0 Å². The van der Waals surface area contributed by atoms with Gasteiger partial charge < -0.3 is 5.32 Å². The minimum Gasteiger partial charge on any atom is -0.377 e. The van der Waals surface area contributed by atoms with E-state index in [-0.39, 0.29) is 6.04 Å². The normalized spacial score (nSPS) is 18.7. The molecule has 0 saturated heterocycles. The summed E-state index contributed by atoms with van der Waals surface area (Å²) in [5.74, 6) is 1.62. The number of nitrogens with zero attached hydrogens (tertiary/aromatic N) is 2. The van der Waals surface area contributed by atoms with Crippen LogP contribution in [0.15, 0.2) is 200 Å². The molecule has 0 saturated carbocycles. The molecular formula is C51H37N3. The van der Waals surface area contributed by atoms with E-state index in [4.69, 9.17) is 4.98 Å². The summed E-state index contributed by atoms with van der Waals surface area (Å²) < 4.78 is 2.39. The van der Waals surface area contributed by atoms with E-state index in [0.717, 1.165) is 28.1 Å². The molecule has 3 heterocycles. The molecule has 11 rings (SSSR count). The van der Waals surface area contributed by atoms with Gasteiger partial charge in [0.15, 0.2) is 0 Å². The molecule has 8 aromatic rings. The first kappa shape index (κ1) is 30.9. The zero-order valence-corrected chi connectivity index (χ0v) is 29.7. The SMILES string of the molecule is C1=CC2c3ccccc3NC(c3cccc(-c4ccc5c(c4)C(c4ccccc4)(c4ccccc4)c4ccccc4-c4nc6ccccc6n4-5)c3)C2C=C1. The Balaban J connectivity index is 1.18. The van der Waals surface area contributed by atoms with Crippen LogP contribution in [0.4, 0.5) is 5.69 Å². The number of rotatable bonds is 4. The highest BCUT2D eigenvalue weighted by Gasteiger charge is 2.45. The van der Waals surface area contributed by atoms with E-state index in [1.54, 1.807) is 0 Å². The molecule has 256 valence electrons. The number of nitrogens with one attached hydrogen (secondary N) is 1. The monoisotopic (exact) mass is 691 g/mol. The fraction of sp³-hybridized carbons (Fsp3) is 0.0784. The number of anilines is 1. The molecule has 0 fully saturated rings. The molecule has 0 bridgehead atoms. The molecule has 2 aliphatic heterocycles. The predicted molar refractivity (Wildman–Crippen MR) is 221 cm³/mol. The minimum atomic E-state index is -0.634. The lowest BCUT2D eigenvalue weighted by molar-refractivity contribution is 0.481. The van der Waals surface area contributed by atoms with E-state index < -0.39 is 5.41 Å². The number of benzene rings is 7. The van der Waals surface area contributed by atoms with E-state index in [1.807, 2.05) is 0 Å². The maximum absolute atomic E-state index is 5.35. The highest BCUT2D eigenvalue weighted by atomic mass is 15.1. The summed E-state index contributed by atoms with van der Waals surface area (Å²) in [6, 6.07) is 64.8. The number of imidazole rings is 1. The summed E-state index contributed by atoms with van der Waals surface area (Å²) in [5, 5.41) is 3.95. The van der Waals surface area contributed by atoms with Crippen molar-refractivity contribution in [1.82, 2.24) is 9.55 Å². The van der Waals surface area contributed by atoms with Gasteiger partial charge in [0.2, 0.25) is 0 Å². The number of para-hydroxylation sites is 3. The third kappa shape index (κ3) is 4.51. The molecule has 1 N–H and O–H groups in total. The van der Waals surface area contributed by atoms with E-state index in [2.05, 4.69) is 210 Å². The van der Waals surface area contributed by atoms with Gasteiger partial charge in [0.1, 0.15) is 5.82 Å². The van der Waals surface area contributed by atoms with Gasteiger partial charge in [-0.15, -0.1) is 0 Å². The quantitative estimate of drug-likeness (QED) is 0.199. The van der Waals surface area contributed by atoms with Crippen LogP contribution in [-0.2, 0) is 5.41 Å². The average molecular weight is 692 g/mol. The third-order valence-corrected chi connectivity index (χ3v) is 12.0. The molecule has 3 aliphatic rings. The van der Waals surface area contributed by atoms with Gasteiger partial charge in [-0.1, -0.05) is 164 Å². The second kappa shape index (κ2) is 12.2. The lowest BCUT2D eigenvalue weighted by Gasteiger charge is -2.40. The van der Waals surface area contributed by atoms with Crippen molar-refractivity contribution in [3.05, 3.63) is 234 Å². The highest BCUT2D eigenvalue weighted by Crippen LogP contribution is 2.54. The van der Waals surface area contributed by atoms with Gasteiger partial charge in [0.05, 0.1) is 28.2 Å². The topological polar surface area (TPSA) is 29.9 Å². The molecule has 1 aliphatic carbocycles. The molecule has 7 aromatic carbocycles. The molecule has 3 atom stereocenters. The van der Waals surface area contributed by atoms with Gasteiger partial charge in [0, 0.05) is 23.1 Å². The van der Waals surface area contributed by atoms with Crippen molar-refractivity contribution < 1.29 is 0 Å². The Morgan fingerprint density at radius 3 is 2.11 bits per heavy atom. The molecule has 0 radical (unpaired) electrons. The highest BCUT2D eigenvalue weighted by molar-refractivity contribution is 5.89. The Morgan fingerprint density at radius 1 is 0.556 bits per heavy atom. The Bertz CT molecular complexity index is 2730. The number of aromatic nitrogens is 2. The standard InChI is InChI=1S/C51H37N3/c1-3-18-37(19-4-1)51(38-20-5-2-6-21-38)43-26-11-9-25-42(43)50-53-46-28-13-14-29-48(46)54(50)47-31-30-35(33-44(47)51)34-16-15-17-36(32-34)49-41-24-8-7-22-39(41)40-23-10-12-27-45(40)52-49/h1-33,39,41,49,52H. The van der Waals surface area contributed by atoms with Gasteiger partial charge in [-0.25, -0.2) is 4.98 Å². The lowest BCUT2D eigenvalue weighted by Crippen LogP contribution is -2.32. The minimum absolute atomic E-state index is 0.145. The summed E-state index contributed by atoms with van der Waals surface area (Å²) in [6.07, 6.45) is 9.15. The summed E-state index contributed by atoms with van der Waals surface area (Å²) in [5.41, 5.74) is 14.9. The second-order valence-corrected chi connectivity index (χ2v) is 14.7. The van der Waals surface area contributed by atoms with Crippen molar-refractivity contribution in [2.24, 2.45) is 5.92 Å². The fourth-order valence-electron chi connectivity index (χ4n) is 9.63. The molecular weight excluding hydrogens is 655 g/mol. The van der Waals surface area contributed by atoms with E-state index in [0.29, 0.717) is 11.8 Å². The van der Waals surface area contributed by atoms with E-state index >= 15 is 0 Å². The average Bonchev–Trinajstić information content (AvgIpc) is 3.60. The molecule has 1 aromatic heterocycles. The smallest absolute Gasteiger partial charge is 0.146 e. The Morgan fingerprint density at radius 2 is 1.26 bits per heavy atom. The van der Waals surface area contributed by atoms with Crippen LogP contribution in [0.1, 0.15) is 45.3 Å². The first-order valence-electron chi connectivity index (χ1n) is 18.9.